The highest BCUT2D eigenvalue weighted by molar-refractivity contribution is 6.45. The average Bonchev–Trinajstić information content (AvgIpc) is 2.47. The van der Waals surface area contributed by atoms with Crippen molar-refractivity contribution < 1.29 is 4.74 Å². The molecule has 3 nitrogen and oxygen atoms in total. The molecule has 0 fully saturated rings. The van der Waals surface area contributed by atoms with E-state index in [2.05, 4.69) is 28.9 Å². The van der Waals surface area contributed by atoms with E-state index in [0.717, 1.165) is 18.1 Å². The molecule has 0 aliphatic carbocycles. The van der Waals surface area contributed by atoms with E-state index in [0.29, 0.717) is 16.0 Å². The third-order valence-corrected chi connectivity index (χ3v) is 4.30. The number of rotatable bonds is 2. The second-order valence-corrected chi connectivity index (χ2v) is 6.12. The zero-order valence-corrected chi connectivity index (χ0v) is 13.4. The van der Waals surface area contributed by atoms with Crippen LogP contribution in [0.4, 0.5) is 0 Å². The molecule has 2 aliphatic heterocycles. The number of ether oxygens (including phenoxy) is 1. The second-order valence-electron chi connectivity index (χ2n) is 5.27. The quantitative estimate of drug-likeness (QED) is 0.810. The molecular weight excluding hydrogens is 307 g/mol. The maximum Gasteiger partial charge on any atom is 0.147 e. The van der Waals surface area contributed by atoms with Crippen molar-refractivity contribution in [2.75, 3.05) is 13.7 Å². The van der Waals surface area contributed by atoms with Gasteiger partial charge in [0.15, 0.2) is 0 Å². The maximum atomic E-state index is 6.28. The summed E-state index contributed by atoms with van der Waals surface area (Å²) in [5, 5.41) is 1.21. The highest BCUT2D eigenvalue weighted by Crippen LogP contribution is 2.38. The van der Waals surface area contributed by atoms with Gasteiger partial charge in [0.1, 0.15) is 11.6 Å². The van der Waals surface area contributed by atoms with Gasteiger partial charge in [-0.25, -0.2) is 0 Å². The van der Waals surface area contributed by atoms with Gasteiger partial charge in [-0.2, -0.15) is 0 Å². The fraction of sp³-hybridized carbons (Fsp3) is 0.312. The number of fused-ring (bicyclic) bond motifs is 1. The lowest BCUT2D eigenvalue weighted by molar-refractivity contribution is 0.285. The molecule has 21 heavy (non-hydrogen) atoms. The number of amidine groups is 1. The highest BCUT2D eigenvalue weighted by atomic mass is 35.5. The van der Waals surface area contributed by atoms with Crippen molar-refractivity contribution in [2.45, 2.75) is 13.0 Å². The van der Waals surface area contributed by atoms with Crippen LogP contribution in [0.15, 0.2) is 51.6 Å². The molecule has 2 heterocycles. The summed E-state index contributed by atoms with van der Waals surface area (Å²) in [6, 6.07) is 8.27. The predicted molar refractivity (Wildman–Crippen MR) is 86.9 cm³/mol. The Morgan fingerprint density at radius 2 is 1.95 bits per heavy atom. The molecule has 0 bridgehead atoms. The monoisotopic (exact) mass is 322 g/mol. The number of aliphatic imine (C=N–C) groups is 1. The standard InChI is InChI=1S/C16H16Cl2N2O/c1-10-8-19-16-14(18)7-12(17)9-20(16)15(10)11-3-5-13(21-2)6-4-11/h3-7,9-10,15H,8H2,1-2H3. The minimum absolute atomic E-state index is 0.166. The Hall–Kier alpha value is -1.45. The first-order valence-electron chi connectivity index (χ1n) is 6.82. The van der Waals surface area contributed by atoms with Crippen LogP contribution in [-0.2, 0) is 0 Å². The lowest BCUT2D eigenvalue weighted by atomic mass is 9.91. The van der Waals surface area contributed by atoms with Crippen molar-refractivity contribution in [1.82, 2.24) is 4.90 Å². The van der Waals surface area contributed by atoms with Gasteiger partial charge >= 0.3 is 0 Å². The van der Waals surface area contributed by atoms with Gasteiger partial charge in [-0.05, 0) is 23.8 Å². The predicted octanol–water partition coefficient (Wildman–Crippen LogP) is 4.30. The summed E-state index contributed by atoms with van der Waals surface area (Å²) in [6.07, 6.45) is 3.64. The number of hydrogen-bond donors (Lipinski definition) is 0. The molecule has 5 heteroatoms. The van der Waals surface area contributed by atoms with Crippen molar-refractivity contribution in [3.63, 3.8) is 0 Å². The molecule has 0 amide bonds. The first-order valence-corrected chi connectivity index (χ1v) is 7.57. The first-order chi connectivity index (χ1) is 10.1. The van der Waals surface area contributed by atoms with E-state index in [4.69, 9.17) is 27.9 Å². The molecule has 2 atom stereocenters. The molecule has 3 rings (SSSR count). The summed E-state index contributed by atoms with van der Waals surface area (Å²) < 4.78 is 5.22. The van der Waals surface area contributed by atoms with Crippen LogP contribution in [0.3, 0.4) is 0 Å². The van der Waals surface area contributed by atoms with E-state index in [1.165, 1.54) is 5.56 Å². The summed E-state index contributed by atoms with van der Waals surface area (Å²) in [7, 11) is 1.67. The molecule has 0 saturated carbocycles. The van der Waals surface area contributed by atoms with Gasteiger partial charge in [0, 0.05) is 18.7 Å². The van der Waals surface area contributed by atoms with Crippen molar-refractivity contribution in [2.24, 2.45) is 10.9 Å². The van der Waals surface area contributed by atoms with Crippen LogP contribution in [0, 0.1) is 5.92 Å². The summed E-state index contributed by atoms with van der Waals surface area (Å²) in [4.78, 5) is 6.64. The Balaban J connectivity index is 2.00. The largest absolute Gasteiger partial charge is 0.497 e. The Morgan fingerprint density at radius 1 is 1.24 bits per heavy atom. The van der Waals surface area contributed by atoms with Crippen LogP contribution in [0.2, 0.25) is 0 Å². The zero-order chi connectivity index (χ0) is 15.0. The molecule has 2 unspecified atom stereocenters. The fourth-order valence-electron chi connectivity index (χ4n) is 2.80. The third kappa shape index (κ3) is 2.68. The molecular formula is C16H16Cl2N2O. The fourth-order valence-corrected chi connectivity index (χ4v) is 3.35. The third-order valence-electron chi connectivity index (χ3n) is 3.81. The van der Waals surface area contributed by atoms with Gasteiger partial charge in [-0.3, -0.25) is 4.99 Å². The van der Waals surface area contributed by atoms with E-state index >= 15 is 0 Å². The normalized spacial score (nSPS) is 24.8. The molecule has 0 aromatic heterocycles. The molecule has 110 valence electrons. The van der Waals surface area contributed by atoms with Crippen LogP contribution in [-0.4, -0.2) is 24.4 Å². The summed E-state index contributed by atoms with van der Waals surface area (Å²) in [5.41, 5.74) is 1.20. The van der Waals surface area contributed by atoms with E-state index in [1.54, 1.807) is 13.2 Å². The molecule has 0 radical (unpaired) electrons. The maximum absolute atomic E-state index is 6.28. The van der Waals surface area contributed by atoms with Crippen molar-refractivity contribution in [3.8, 4) is 5.75 Å². The van der Waals surface area contributed by atoms with E-state index in [9.17, 15) is 0 Å². The Kier molecular flexibility index (Phi) is 3.96. The minimum Gasteiger partial charge on any atom is -0.497 e. The lowest BCUT2D eigenvalue weighted by Gasteiger charge is -2.40. The highest BCUT2D eigenvalue weighted by Gasteiger charge is 2.34. The number of benzene rings is 1. The van der Waals surface area contributed by atoms with Gasteiger partial charge in [0.2, 0.25) is 0 Å². The summed E-state index contributed by atoms with van der Waals surface area (Å²) in [5.74, 6) is 2.01. The minimum atomic E-state index is 0.166. The van der Waals surface area contributed by atoms with Gasteiger partial charge in [-0.15, -0.1) is 0 Å². The van der Waals surface area contributed by atoms with Gasteiger partial charge in [-0.1, -0.05) is 42.3 Å². The van der Waals surface area contributed by atoms with Crippen LogP contribution in [0.5, 0.6) is 5.75 Å². The smallest absolute Gasteiger partial charge is 0.147 e. The number of hydrogen-bond acceptors (Lipinski definition) is 3. The number of nitrogens with zero attached hydrogens (tertiary/aromatic N) is 2. The van der Waals surface area contributed by atoms with Crippen molar-refractivity contribution in [3.05, 3.63) is 52.2 Å². The number of halogens is 2. The molecule has 1 aromatic carbocycles. The molecule has 2 aliphatic rings. The van der Waals surface area contributed by atoms with Crippen molar-refractivity contribution >= 4 is 29.0 Å². The number of allylic oxidation sites excluding steroid dienone is 2. The Labute approximate surface area is 134 Å². The van der Waals surface area contributed by atoms with E-state index < -0.39 is 0 Å². The van der Waals surface area contributed by atoms with Gasteiger partial charge < -0.3 is 9.64 Å². The van der Waals surface area contributed by atoms with Gasteiger partial charge in [0.25, 0.3) is 0 Å². The molecule has 0 N–H and O–H groups in total. The zero-order valence-electron chi connectivity index (χ0n) is 11.9. The average molecular weight is 323 g/mol. The van der Waals surface area contributed by atoms with E-state index in [-0.39, 0.29) is 6.04 Å². The SMILES string of the molecule is COc1ccc(C2C(C)CN=C3C(Cl)=CC(Cl)=CN32)cc1. The Bertz CT molecular complexity index is 634. The lowest BCUT2D eigenvalue weighted by Crippen LogP contribution is -2.40. The van der Waals surface area contributed by atoms with Crippen LogP contribution in [0.1, 0.15) is 18.5 Å². The first kappa shape index (κ1) is 14.5. The second kappa shape index (κ2) is 5.74. The van der Waals surface area contributed by atoms with E-state index in [1.807, 2.05) is 18.3 Å². The summed E-state index contributed by atoms with van der Waals surface area (Å²) in [6.45, 7) is 2.93. The molecule has 0 saturated heterocycles. The van der Waals surface area contributed by atoms with Gasteiger partial charge in [0.05, 0.1) is 23.2 Å². The topological polar surface area (TPSA) is 24.8 Å². The van der Waals surface area contributed by atoms with Crippen LogP contribution >= 0.6 is 23.2 Å². The summed E-state index contributed by atoms with van der Waals surface area (Å²) >= 11 is 12.4. The molecule has 0 spiro atoms. The number of methoxy groups -OCH3 is 1. The van der Waals surface area contributed by atoms with Crippen molar-refractivity contribution in [1.29, 1.82) is 0 Å². The van der Waals surface area contributed by atoms with Crippen LogP contribution < -0.4 is 4.74 Å². The molecule has 1 aromatic rings. The Morgan fingerprint density at radius 3 is 2.62 bits per heavy atom. The van der Waals surface area contributed by atoms with Crippen LogP contribution in [0.25, 0.3) is 0 Å².